The van der Waals surface area contributed by atoms with E-state index in [-0.39, 0.29) is 42.6 Å². The lowest BCUT2D eigenvalue weighted by atomic mass is 10.1. The number of aromatic nitrogens is 2. The predicted molar refractivity (Wildman–Crippen MR) is 102 cm³/mol. The van der Waals surface area contributed by atoms with E-state index in [0.29, 0.717) is 13.0 Å². The van der Waals surface area contributed by atoms with Crippen molar-refractivity contribution in [3.63, 3.8) is 0 Å². The number of hydrogen-bond acceptors (Lipinski definition) is 7. The van der Waals surface area contributed by atoms with Crippen LogP contribution in [0.2, 0.25) is 0 Å². The van der Waals surface area contributed by atoms with Gasteiger partial charge >= 0.3 is 5.69 Å². The van der Waals surface area contributed by atoms with Gasteiger partial charge in [0.1, 0.15) is 5.82 Å². The van der Waals surface area contributed by atoms with E-state index in [4.69, 9.17) is 10.5 Å². The molecule has 3 N–H and O–H groups in total. The Hall–Kier alpha value is -2.14. The van der Waals surface area contributed by atoms with Crippen LogP contribution in [-0.2, 0) is 25.9 Å². The number of nitrogens with one attached hydrogen (secondary N) is 1. The third-order valence-electron chi connectivity index (χ3n) is 4.59. The molecule has 2 heterocycles. The van der Waals surface area contributed by atoms with E-state index in [9.17, 15) is 22.8 Å². The zero-order chi connectivity index (χ0) is 20.2. The maximum atomic E-state index is 13.0. The number of hydrogen-bond donors (Lipinski definition) is 2. The fraction of sp³-hybridized carbons (Fsp3) is 0.688. The van der Waals surface area contributed by atoms with Gasteiger partial charge < -0.3 is 15.4 Å². The second-order valence-corrected chi connectivity index (χ2v) is 8.81. The topological polar surface area (TPSA) is 145 Å². The maximum Gasteiger partial charge on any atom is 0.330 e. The van der Waals surface area contributed by atoms with Gasteiger partial charge in [-0.05, 0) is 12.8 Å². The lowest BCUT2D eigenvalue weighted by Gasteiger charge is -2.26. The molecular weight excluding hydrogens is 376 g/mol. The fourth-order valence-corrected chi connectivity index (χ4v) is 4.83. The number of H-pyrrole nitrogens is 1. The van der Waals surface area contributed by atoms with Crippen LogP contribution in [0.25, 0.3) is 0 Å². The van der Waals surface area contributed by atoms with Gasteiger partial charge in [0.2, 0.25) is 5.91 Å². The Morgan fingerprint density at radius 3 is 2.67 bits per heavy atom. The minimum absolute atomic E-state index is 0.0190. The first-order valence-corrected chi connectivity index (χ1v) is 10.7. The summed E-state index contributed by atoms with van der Waals surface area (Å²) in [5.41, 5.74) is 4.51. The molecule has 0 aromatic carbocycles. The molecule has 11 heteroatoms. The minimum atomic E-state index is -3.27. The van der Waals surface area contributed by atoms with Crippen LogP contribution in [0.1, 0.15) is 26.2 Å². The number of rotatable bonds is 8. The van der Waals surface area contributed by atoms with E-state index < -0.39 is 32.9 Å². The molecule has 1 fully saturated rings. The Kier molecular flexibility index (Phi) is 6.82. The Morgan fingerprint density at radius 2 is 2.11 bits per heavy atom. The van der Waals surface area contributed by atoms with Crippen LogP contribution in [0.15, 0.2) is 9.59 Å². The highest BCUT2D eigenvalue weighted by atomic mass is 32.2. The summed E-state index contributed by atoms with van der Waals surface area (Å²) in [4.78, 5) is 40.8. The molecular formula is C16H26N4O6S. The SMILES string of the molecule is CCCCn1c(N)c(N(CCOC)C(=O)[C@H]2CCS(=O)(=O)C2)c(=O)[nH]c1=O. The molecule has 2 rings (SSSR count). The number of unbranched alkanes of at least 4 members (excludes halogenated alkanes) is 1. The Balaban J connectivity index is 2.48. The highest BCUT2D eigenvalue weighted by molar-refractivity contribution is 7.91. The monoisotopic (exact) mass is 402 g/mol. The van der Waals surface area contributed by atoms with Crippen LogP contribution in [-0.4, -0.2) is 55.6 Å². The van der Waals surface area contributed by atoms with Gasteiger partial charge in [0, 0.05) is 20.2 Å². The Bertz CT molecular complexity index is 904. The second-order valence-electron chi connectivity index (χ2n) is 6.58. The third-order valence-corrected chi connectivity index (χ3v) is 6.35. The van der Waals surface area contributed by atoms with Gasteiger partial charge in [-0.25, -0.2) is 13.2 Å². The number of nitrogens with two attached hydrogens (primary N) is 1. The van der Waals surface area contributed by atoms with Gasteiger partial charge in [0.15, 0.2) is 15.5 Å². The van der Waals surface area contributed by atoms with Crippen LogP contribution in [0, 0.1) is 5.92 Å². The third kappa shape index (κ3) is 4.78. The first kappa shape index (κ1) is 21.2. The number of ether oxygens (including phenoxy) is 1. The summed E-state index contributed by atoms with van der Waals surface area (Å²) in [5, 5.41) is 0. The van der Waals surface area contributed by atoms with E-state index in [0.717, 1.165) is 11.3 Å². The van der Waals surface area contributed by atoms with Crippen LogP contribution < -0.4 is 21.9 Å². The summed E-state index contributed by atoms with van der Waals surface area (Å²) in [6.45, 7) is 2.39. The minimum Gasteiger partial charge on any atom is -0.383 e. The largest absolute Gasteiger partial charge is 0.383 e. The van der Waals surface area contributed by atoms with Crippen LogP contribution >= 0.6 is 0 Å². The first-order valence-electron chi connectivity index (χ1n) is 8.85. The van der Waals surface area contributed by atoms with Crippen molar-refractivity contribution in [3.05, 3.63) is 20.8 Å². The van der Waals surface area contributed by atoms with Crippen LogP contribution in [0.3, 0.4) is 0 Å². The van der Waals surface area contributed by atoms with E-state index >= 15 is 0 Å². The predicted octanol–water partition coefficient (Wildman–Crippen LogP) is -0.667. The molecule has 10 nitrogen and oxygen atoms in total. The van der Waals surface area contributed by atoms with Gasteiger partial charge in [-0.3, -0.25) is 19.1 Å². The van der Waals surface area contributed by atoms with Crippen molar-refractivity contribution in [2.75, 3.05) is 42.4 Å². The number of carbonyl (C=O) groups excluding carboxylic acids is 1. The van der Waals surface area contributed by atoms with Gasteiger partial charge in [-0.1, -0.05) is 13.3 Å². The van der Waals surface area contributed by atoms with Crippen molar-refractivity contribution in [3.8, 4) is 0 Å². The zero-order valence-electron chi connectivity index (χ0n) is 15.6. The summed E-state index contributed by atoms with van der Waals surface area (Å²) in [6.07, 6.45) is 1.67. The number of anilines is 2. The molecule has 1 aromatic heterocycles. The summed E-state index contributed by atoms with van der Waals surface area (Å²) in [5.74, 6) is -1.69. The van der Waals surface area contributed by atoms with E-state index in [1.54, 1.807) is 0 Å². The molecule has 1 aliphatic rings. The lowest BCUT2D eigenvalue weighted by Crippen LogP contribution is -2.45. The molecule has 1 saturated heterocycles. The molecule has 0 radical (unpaired) electrons. The summed E-state index contributed by atoms with van der Waals surface area (Å²) < 4.78 is 29.7. The van der Waals surface area contributed by atoms with Gasteiger partial charge in [0.25, 0.3) is 5.56 Å². The molecule has 152 valence electrons. The summed E-state index contributed by atoms with van der Waals surface area (Å²) in [7, 11) is -1.83. The number of methoxy groups -OCH3 is 1. The van der Waals surface area contributed by atoms with Crippen LogP contribution in [0.5, 0.6) is 0 Å². The van der Waals surface area contributed by atoms with E-state index in [1.807, 2.05) is 6.92 Å². The molecule has 0 saturated carbocycles. The second kappa shape index (κ2) is 8.70. The number of amides is 1. The number of nitrogens with zero attached hydrogens (tertiary/aromatic N) is 2. The average Bonchev–Trinajstić information content (AvgIpc) is 2.96. The van der Waals surface area contributed by atoms with Crippen molar-refractivity contribution in [2.24, 2.45) is 5.92 Å². The number of aromatic amines is 1. The molecule has 1 aliphatic heterocycles. The molecule has 0 bridgehead atoms. The number of nitrogen functional groups attached to an aromatic ring is 1. The molecule has 0 unspecified atom stereocenters. The lowest BCUT2D eigenvalue weighted by molar-refractivity contribution is -0.121. The Labute approximate surface area is 157 Å². The van der Waals surface area contributed by atoms with Crippen molar-refractivity contribution >= 4 is 27.2 Å². The molecule has 1 aromatic rings. The van der Waals surface area contributed by atoms with Gasteiger partial charge in [-0.2, -0.15) is 0 Å². The van der Waals surface area contributed by atoms with Gasteiger partial charge in [0.05, 0.1) is 24.0 Å². The smallest absolute Gasteiger partial charge is 0.330 e. The van der Waals surface area contributed by atoms with Crippen molar-refractivity contribution < 1.29 is 17.9 Å². The van der Waals surface area contributed by atoms with E-state index in [2.05, 4.69) is 4.98 Å². The number of sulfone groups is 1. The molecule has 0 spiro atoms. The normalized spacial score (nSPS) is 18.5. The highest BCUT2D eigenvalue weighted by Gasteiger charge is 2.37. The molecule has 0 aliphatic carbocycles. The average molecular weight is 402 g/mol. The van der Waals surface area contributed by atoms with Crippen molar-refractivity contribution in [1.29, 1.82) is 0 Å². The molecule has 27 heavy (non-hydrogen) atoms. The molecule has 1 atom stereocenters. The quantitative estimate of drug-likeness (QED) is 0.587. The first-order chi connectivity index (χ1) is 12.7. The summed E-state index contributed by atoms with van der Waals surface area (Å²) >= 11 is 0. The van der Waals surface area contributed by atoms with Crippen molar-refractivity contribution in [2.45, 2.75) is 32.7 Å². The highest BCUT2D eigenvalue weighted by Crippen LogP contribution is 2.25. The number of carbonyl (C=O) groups is 1. The Morgan fingerprint density at radius 1 is 1.41 bits per heavy atom. The standard InChI is InChI=1S/C16H26N4O6S/c1-3-4-6-20-13(17)12(14(21)18-16(20)23)19(7-8-26-2)15(22)11-5-9-27(24,25)10-11/h11H,3-10,17H2,1-2H3,(H,18,21,23)/t11-/m0/s1. The fourth-order valence-electron chi connectivity index (χ4n) is 3.10. The zero-order valence-corrected chi connectivity index (χ0v) is 16.4. The van der Waals surface area contributed by atoms with Crippen LogP contribution in [0.4, 0.5) is 11.5 Å². The van der Waals surface area contributed by atoms with E-state index in [1.165, 1.54) is 11.7 Å². The van der Waals surface area contributed by atoms with Gasteiger partial charge in [-0.15, -0.1) is 0 Å². The summed E-state index contributed by atoms with van der Waals surface area (Å²) in [6, 6.07) is 0. The van der Waals surface area contributed by atoms with Crippen molar-refractivity contribution in [1.82, 2.24) is 9.55 Å². The molecule has 1 amide bonds. The maximum absolute atomic E-state index is 13.0.